The molecule has 0 radical (unpaired) electrons. The molecule has 3 rings (SSSR count). The molecule has 31 heavy (non-hydrogen) atoms. The summed E-state index contributed by atoms with van der Waals surface area (Å²) in [6, 6.07) is 1.69. The van der Waals surface area contributed by atoms with Crippen molar-refractivity contribution in [3.63, 3.8) is 0 Å². The van der Waals surface area contributed by atoms with Gasteiger partial charge >= 0.3 is 12.1 Å². The van der Waals surface area contributed by atoms with E-state index in [0.29, 0.717) is 55.7 Å². The maximum Gasteiger partial charge on any atom is 0.410 e. The highest BCUT2D eigenvalue weighted by Crippen LogP contribution is 2.28. The van der Waals surface area contributed by atoms with E-state index in [2.05, 4.69) is 4.98 Å². The van der Waals surface area contributed by atoms with Crippen molar-refractivity contribution in [2.24, 2.45) is 0 Å². The largest absolute Gasteiger partial charge is 0.465 e. The Morgan fingerprint density at radius 3 is 2.35 bits per heavy atom. The van der Waals surface area contributed by atoms with Crippen molar-refractivity contribution in [3.8, 4) is 0 Å². The monoisotopic (exact) mass is 431 g/mol. The van der Waals surface area contributed by atoms with Crippen LogP contribution < -0.4 is 0 Å². The van der Waals surface area contributed by atoms with Crippen LogP contribution in [0.15, 0.2) is 6.07 Å². The molecule has 1 saturated heterocycles. The van der Waals surface area contributed by atoms with E-state index in [1.807, 2.05) is 39.5 Å². The van der Waals surface area contributed by atoms with E-state index in [1.165, 1.54) is 7.11 Å². The number of piperidine rings is 1. The number of likely N-dealkylation sites (tertiary alicyclic amines) is 1. The van der Waals surface area contributed by atoms with Crippen LogP contribution in [-0.2, 0) is 15.9 Å². The molecule has 8 heteroatoms. The molecule has 8 nitrogen and oxygen atoms in total. The van der Waals surface area contributed by atoms with Crippen molar-refractivity contribution in [2.75, 3.05) is 26.7 Å². The quantitative estimate of drug-likeness (QED) is 0.682. The zero-order valence-corrected chi connectivity index (χ0v) is 19.4. The first-order valence-corrected chi connectivity index (χ1v) is 10.9. The molecule has 0 unspecified atom stereocenters. The predicted molar refractivity (Wildman–Crippen MR) is 115 cm³/mol. The number of hydrogen-bond donors (Lipinski definition) is 0. The second kappa shape index (κ2) is 8.85. The first kappa shape index (κ1) is 23.0. The average Bonchev–Trinajstić information content (AvgIpc) is 2.71. The molecule has 3 heterocycles. The standard InChI is InChI=1S/C23H33N3O5/c1-14(2)19-17(21(28)30-6)13-16-18(24-19)9-12-26(20(16)27)15-7-10-25(11-8-15)22(29)31-23(3,4)5/h13-15H,7-12H2,1-6H3. The SMILES string of the molecule is COC(=O)c1cc2c(nc1C(C)C)CCN(C1CCN(C(=O)OC(C)(C)C)CC1)C2=O. The predicted octanol–water partition coefficient (Wildman–Crippen LogP) is 3.39. The number of amides is 2. The summed E-state index contributed by atoms with van der Waals surface area (Å²) in [7, 11) is 1.33. The van der Waals surface area contributed by atoms with Crippen molar-refractivity contribution >= 4 is 18.0 Å². The highest BCUT2D eigenvalue weighted by Gasteiger charge is 2.36. The number of nitrogens with zero attached hydrogens (tertiary/aromatic N) is 3. The number of esters is 1. The van der Waals surface area contributed by atoms with Crippen molar-refractivity contribution in [1.82, 2.24) is 14.8 Å². The van der Waals surface area contributed by atoms with Gasteiger partial charge in [-0.1, -0.05) is 13.8 Å². The normalized spacial score (nSPS) is 17.6. The Kier molecular flexibility index (Phi) is 6.57. The zero-order valence-electron chi connectivity index (χ0n) is 19.4. The van der Waals surface area contributed by atoms with E-state index >= 15 is 0 Å². The lowest BCUT2D eigenvalue weighted by Crippen LogP contribution is -2.51. The van der Waals surface area contributed by atoms with Gasteiger partial charge < -0.3 is 19.3 Å². The molecule has 0 aliphatic carbocycles. The van der Waals surface area contributed by atoms with Gasteiger partial charge in [0.15, 0.2) is 0 Å². The van der Waals surface area contributed by atoms with E-state index in [0.717, 1.165) is 5.69 Å². The van der Waals surface area contributed by atoms with Crippen LogP contribution in [0.2, 0.25) is 0 Å². The van der Waals surface area contributed by atoms with Gasteiger partial charge in [0, 0.05) is 32.1 Å². The second-order valence-corrected chi connectivity index (χ2v) is 9.51. The maximum absolute atomic E-state index is 13.3. The minimum atomic E-state index is -0.528. The van der Waals surface area contributed by atoms with E-state index < -0.39 is 11.6 Å². The second-order valence-electron chi connectivity index (χ2n) is 9.51. The Labute approximate surface area is 183 Å². The van der Waals surface area contributed by atoms with Crippen molar-refractivity contribution in [1.29, 1.82) is 0 Å². The lowest BCUT2D eigenvalue weighted by atomic mass is 9.94. The van der Waals surface area contributed by atoms with E-state index in [4.69, 9.17) is 9.47 Å². The van der Waals surface area contributed by atoms with E-state index in [-0.39, 0.29) is 24.0 Å². The highest BCUT2D eigenvalue weighted by molar-refractivity contribution is 6.00. The minimum absolute atomic E-state index is 0.0460. The van der Waals surface area contributed by atoms with Gasteiger partial charge in [-0.3, -0.25) is 9.78 Å². The summed E-state index contributed by atoms with van der Waals surface area (Å²) in [5.41, 5.74) is 1.71. The van der Waals surface area contributed by atoms with Crippen LogP contribution in [0.4, 0.5) is 4.79 Å². The molecule has 0 atom stereocenters. The number of fused-ring (bicyclic) bond motifs is 1. The van der Waals surface area contributed by atoms with Gasteiger partial charge in [0.2, 0.25) is 0 Å². The fraction of sp³-hybridized carbons (Fsp3) is 0.652. The van der Waals surface area contributed by atoms with E-state index in [9.17, 15) is 14.4 Å². The summed E-state index contributed by atoms with van der Waals surface area (Å²) in [5.74, 6) is -0.538. The number of carbonyl (C=O) groups is 3. The number of hydrogen-bond acceptors (Lipinski definition) is 6. The lowest BCUT2D eigenvalue weighted by Gasteiger charge is -2.40. The zero-order chi connectivity index (χ0) is 22.9. The summed E-state index contributed by atoms with van der Waals surface area (Å²) in [4.78, 5) is 46.1. The topological polar surface area (TPSA) is 89.0 Å². The molecule has 170 valence electrons. The number of pyridine rings is 1. The van der Waals surface area contributed by atoms with Crippen molar-refractivity contribution in [3.05, 3.63) is 28.6 Å². The number of ether oxygens (including phenoxy) is 2. The van der Waals surface area contributed by atoms with Gasteiger partial charge in [0.25, 0.3) is 5.91 Å². The molecular formula is C23H33N3O5. The Morgan fingerprint density at radius 1 is 1.16 bits per heavy atom. The van der Waals surface area contributed by atoms with E-state index in [1.54, 1.807) is 11.0 Å². The van der Waals surface area contributed by atoms with Crippen molar-refractivity contribution < 1.29 is 23.9 Å². The summed E-state index contributed by atoms with van der Waals surface area (Å²) in [6.07, 6.45) is 1.73. The molecular weight excluding hydrogens is 398 g/mol. The molecule has 0 N–H and O–H groups in total. The Balaban J connectivity index is 1.74. The molecule has 1 fully saturated rings. The fourth-order valence-corrected chi connectivity index (χ4v) is 4.17. The first-order valence-electron chi connectivity index (χ1n) is 10.9. The van der Waals surface area contributed by atoms with Gasteiger partial charge in [-0.15, -0.1) is 0 Å². The number of aromatic nitrogens is 1. The molecule has 2 aliphatic heterocycles. The fourth-order valence-electron chi connectivity index (χ4n) is 4.17. The summed E-state index contributed by atoms with van der Waals surface area (Å²) < 4.78 is 10.4. The van der Waals surface area contributed by atoms with Crippen LogP contribution in [-0.4, -0.2) is 71.1 Å². The molecule has 2 amide bonds. The Morgan fingerprint density at radius 2 is 1.81 bits per heavy atom. The first-order chi connectivity index (χ1) is 14.5. The van der Waals surface area contributed by atoms with Crippen LogP contribution in [0.5, 0.6) is 0 Å². The van der Waals surface area contributed by atoms with Crippen LogP contribution in [0.1, 0.15) is 85.5 Å². The molecule has 0 aromatic carbocycles. The summed E-state index contributed by atoms with van der Waals surface area (Å²) in [6.45, 7) is 11.2. The third-order valence-corrected chi connectivity index (χ3v) is 5.72. The van der Waals surface area contributed by atoms with Crippen molar-refractivity contribution in [2.45, 2.75) is 71.4 Å². The summed E-state index contributed by atoms with van der Waals surface area (Å²) >= 11 is 0. The molecule has 0 spiro atoms. The molecule has 0 saturated carbocycles. The van der Waals surface area contributed by atoms with Crippen LogP contribution in [0, 0.1) is 0 Å². The number of carbonyl (C=O) groups excluding carboxylic acids is 3. The summed E-state index contributed by atoms with van der Waals surface area (Å²) in [5, 5.41) is 0. The number of rotatable bonds is 3. The van der Waals surface area contributed by atoms with Crippen LogP contribution in [0.3, 0.4) is 0 Å². The smallest absolute Gasteiger partial charge is 0.410 e. The third-order valence-electron chi connectivity index (χ3n) is 5.72. The Hall–Kier alpha value is -2.64. The number of methoxy groups -OCH3 is 1. The van der Waals surface area contributed by atoms with Crippen LogP contribution >= 0.6 is 0 Å². The highest BCUT2D eigenvalue weighted by atomic mass is 16.6. The van der Waals surface area contributed by atoms with Gasteiger partial charge in [-0.2, -0.15) is 0 Å². The van der Waals surface area contributed by atoms with Crippen LogP contribution in [0.25, 0.3) is 0 Å². The Bertz CT molecular complexity index is 867. The molecule has 0 bridgehead atoms. The third kappa shape index (κ3) is 4.99. The average molecular weight is 432 g/mol. The van der Waals surface area contributed by atoms with Gasteiger partial charge in [-0.05, 0) is 45.6 Å². The molecule has 1 aromatic rings. The maximum atomic E-state index is 13.3. The van der Waals surface area contributed by atoms with Gasteiger partial charge in [0.05, 0.1) is 29.6 Å². The van der Waals surface area contributed by atoms with Gasteiger partial charge in [-0.25, -0.2) is 9.59 Å². The molecule has 1 aromatic heterocycles. The minimum Gasteiger partial charge on any atom is -0.465 e. The molecule has 2 aliphatic rings. The van der Waals surface area contributed by atoms with Gasteiger partial charge in [0.1, 0.15) is 5.60 Å². The lowest BCUT2D eigenvalue weighted by molar-refractivity contribution is 0.0144.